The highest BCUT2D eigenvalue weighted by molar-refractivity contribution is 6.31. The first-order chi connectivity index (χ1) is 13.6. The summed E-state index contributed by atoms with van der Waals surface area (Å²) >= 11 is 6.30. The van der Waals surface area contributed by atoms with Crippen LogP contribution in [0, 0.1) is 0 Å². The van der Waals surface area contributed by atoms with Gasteiger partial charge in [0, 0.05) is 30.1 Å². The minimum absolute atomic E-state index is 0.0174. The Kier molecular flexibility index (Phi) is 5.46. The number of rotatable bonds is 5. The maximum absolute atomic E-state index is 13.3. The molecule has 2 heterocycles. The molecule has 1 aromatic heterocycles. The molecule has 144 valence electrons. The van der Waals surface area contributed by atoms with Gasteiger partial charge in [-0.05, 0) is 36.6 Å². The average Bonchev–Trinajstić information content (AvgIpc) is 3.21. The summed E-state index contributed by atoms with van der Waals surface area (Å²) in [6, 6.07) is 16.1. The lowest BCUT2D eigenvalue weighted by atomic mass is 10.1. The number of benzene rings is 2. The van der Waals surface area contributed by atoms with E-state index >= 15 is 0 Å². The van der Waals surface area contributed by atoms with E-state index in [1.165, 1.54) is 0 Å². The minimum Gasteiger partial charge on any atom is -0.422 e. The number of hydrogen-bond donors (Lipinski definition) is 0. The third-order valence-electron chi connectivity index (χ3n) is 4.93. The van der Waals surface area contributed by atoms with Crippen LogP contribution in [0.5, 0.6) is 0 Å². The van der Waals surface area contributed by atoms with E-state index in [0.29, 0.717) is 35.7 Å². The Morgan fingerprint density at radius 1 is 1.14 bits per heavy atom. The molecule has 0 unspecified atom stereocenters. The van der Waals surface area contributed by atoms with Gasteiger partial charge in [-0.2, -0.15) is 0 Å². The molecule has 5 nitrogen and oxygen atoms in total. The normalized spacial score (nSPS) is 16.4. The molecule has 1 atom stereocenters. The molecule has 0 bridgehead atoms. The number of nitrogens with zero attached hydrogens (tertiary/aromatic N) is 1. The maximum atomic E-state index is 13.3. The van der Waals surface area contributed by atoms with E-state index in [2.05, 4.69) is 0 Å². The molecule has 4 rings (SSSR count). The topological polar surface area (TPSA) is 59.8 Å². The molecule has 0 spiro atoms. The largest absolute Gasteiger partial charge is 0.422 e. The van der Waals surface area contributed by atoms with Crippen molar-refractivity contribution in [3.8, 4) is 0 Å². The van der Waals surface area contributed by atoms with E-state index in [0.717, 1.165) is 18.4 Å². The molecule has 0 radical (unpaired) electrons. The zero-order chi connectivity index (χ0) is 19.5. The summed E-state index contributed by atoms with van der Waals surface area (Å²) in [7, 11) is 0. The Morgan fingerprint density at radius 2 is 1.93 bits per heavy atom. The van der Waals surface area contributed by atoms with Crippen LogP contribution < -0.4 is 5.63 Å². The van der Waals surface area contributed by atoms with Crippen LogP contribution in [0.15, 0.2) is 63.8 Å². The highest BCUT2D eigenvalue weighted by Crippen LogP contribution is 2.21. The highest BCUT2D eigenvalue weighted by atomic mass is 35.5. The van der Waals surface area contributed by atoms with Crippen molar-refractivity contribution in [2.24, 2.45) is 0 Å². The number of hydrogen-bond acceptors (Lipinski definition) is 4. The first kappa shape index (κ1) is 18.7. The van der Waals surface area contributed by atoms with E-state index in [-0.39, 0.29) is 17.6 Å². The third kappa shape index (κ3) is 3.96. The molecular weight excluding hydrogens is 378 g/mol. The number of carbonyl (C=O) groups excluding carboxylic acids is 1. The quantitative estimate of drug-likeness (QED) is 0.603. The highest BCUT2D eigenvalue weighted by Gasteiger charge is 2.26. The number of carbonyl (C=O) groups is 1. The summed E-state index contributed by atoms with van der Waals surface area (Å²) in [5, 5.41) is 1.29. The number of para-hydroxylation sites is 1. The van der Waals surface area contributed by atoms with Crippen LogP contribution in [-0.2, 0) is 11.3 Å². The van der Waals surface area contributed by atoms with Crippen molar-refractivity contribution >= 4 is 28.5 Å². The first-order valence-corrected chi connectivity index (χ1v) is 9.67. The number of fused-ring (bicyclic) bond motifs is 1. The van der Waals surface area contributed by atoms with E-state index in [4.69, 9.17) is 20.8 Å². The summed E-state index contributed by atoms with van der Waals surface area (Å²) in [5.74, 6) is -0.380. The minimum atomic E-state index is -0.639. The van der Waals surface area contributed by atoms with Crippen molar-refractivity contribution in [2.75, 3.05) is 13.2 Å². The maximum Gasteiger partial charge on any atom is 0.349 e. The van der Waals surface area contributed by atoms with Crippen LogP contribution in [0.25, 0.3) is 11.0 Å². The zero-order valence-corrected chi connectivity index (χ0v) is 16.0. The lowest BCUT2D eigenvalue weighted by Gasteiger charge is -2.25. The molecule has 1 fully saturated rings. The van der Waals surface area contributed by atoms with Gasteiger partial charge in [-0.15, -0.1) is 0 Å². The molecule has 0 aliphatic carbocycles. The van der Waals surface area contributed by atoms with Crippen molar-refractivity contribution in [1.82, 2.24) is 4.90 Å². The Labute approximate surface area is 167 Å². The molecule has 1 aliphatic heterocycles. The third-order valence-corrected chi connectivity index (χ3v) is 5.29. The lowest BCUT2D eigenvalue weighted by Crippen LogP contribution is -2.39. The second-order valence-corrected chi connectivity index (χ2v) is 7.30. The summed E-state index contributed by atoms with van der Waals surface area (Å²) in [6.07, 6.45) is 1.81. The van der Waals surface area contributed by atoms with E-state index in [1.54, 1.807) is 29.2 Å². The van der Waals surface area contributed by atoms with Gasteiger partial charge in [-0.3, -0.25) is 4.79 Å². The molecular formula is C22H20ClNO4. The lowest BCUT2D eigenvalue weighted by molar-refractivity contribution is 0.0504. The van der Waals surface area contributed by atoms with Crippen LogP contribution in [0.4, 0.5) is 0 Å². The summed E-state index contributed by atoms with van der Waals surface area (Å²) < 4.78 is 11.1. The second-order valence-electron chi connectivity index (χ2n) is 6.90. The fourth-order valence-corrected chi connectivity index (χ4v) is 3.66. The average molecular weight is 398 g/mol. The van der Waals surface area contributed by atoms with Crippen LogP contribution in [0.2, 0.25) is 5.02 Å². The SMILES string of the molecule is O=C(c1cc2ccccc2oc1=O)N(Cc1ccccc1Cl)C[C@H]1CCCO1. The van der Waals surface area contributed by atoms with Gasteiger partial charge in [0.15, 0.2) is 0 Å². The predicted octanol–water partition coefficient (Wildman–Crippen LogP) is 4.27. The van der Waals surface area contributed by atoms with Crippen LogP contribution in [0.1, 0.15) is 28.8 Å². The molecule has 3 aromatic rings. The fraction of sp³-hybridized carbons (Fsp3) is 0.273. The Morgan fingerprint density at radius 3 is 2.71 bits per heavy atom. The van der Waals surface area contributed by atoms with Gasteiger partial charge in [0.2, 0.25) is 0 Å². The number of amides is 1. The molecule has 0 saturated carbocycles. The van der Waals surface area contributed by atoms with E-state index in [9.17, 15) is 9.59 Å². The van der Waals surface area contributed by atoms with Crippen LogP contribution in [0.3, 0.4) is 0 Å². The summed E-state index contributed by atoms with van der Waals surface area (Å²) in [6.45, 7) is 1.39. The standard InChI is InChI=1S/C22H20ClNO4/c23-19-9-3-1-7-16(19)13-24(14-17-8-5-11-27-17)21(25)18-12-15-6-2-4-10-20(15)28-22(18)26/h1-4,6-7,9-10,12,17H,5,8,11,13-14H2/t17-/m1/s1. The van der Waals surface area contributed by atoms with Crippen molar-refractivity contribution < 1.29 is 13.9 Å². The summed E-state index contributed by atoms with van der Waals surface area (Å²) in [4.78, 5) is 27.4. The van der Waals surface area contributed by atoms with Gasteiger partial charge in [-0.25, -0.2) is 4.79 Å². The van der Waals surface area contributed by atoms with Crippen LogP contribution >= 0.6 is 11.6 Å². The van der Waals surface area contributed by atoms with Crippen LogP contribution in [-0.4, -0.2) is 30.1 Å². The number of ether oxygens (including phenoxy) is 1. The molecule has 1 saturated heterocycles. The Balaban J connectivity index is 1.68. The molecule has 28 heavy (non-hydrogen) atoms. The monoisotopic (exact) mass is 397 g/mol. The predicted molar refractivity (Wildman–Crippen MR) is 108 cm³/mol. The molecule has 1 amide bonds. The van der Waals surface area contributed by atoms with Crippen molar-refractivity contribution in [1.29, 1.82) is 0 Å². The Hall–Kier alpha value is -2.63. The summed E-state index contributed by atoms with van der Waals surface area (Å²) in [5.41, 5.74) is 0.658. The van der Waals surface area contributed by atoms with Gasteiger partial charge >= 0.3 is 5.63 Å². The molecule has 1 aliphatic rings. The van der Waals surface area contributed by atoms with E-state index < -0.39 is 5.63 Å². The van der Waals surface area contributed by atoms with Gasteiger partial charge in [0.25, 0.3) is 5.91 Å². The molecule has 0 N–H and O–H groups in total. The zero-order valence-electron chi connectivity index (χ0n) is 15.3. The van der Waals surface area contributed by atoms with Crippen molar-refractivity contribution in [3.63, 3.8) is 0 Å². The van der Waals surface area contributed by atoms with Gasteiger partial charge in [0.1, 0.15) is 11.1 Å². The van der Waals surface area contributed by atoms with Gasteiger partial charge < -0.3 is 14.1 Å². The van der Waals surface area contributed by atoms with Crippen molar-refractivity contribution in [3.05, 3.63) is 81.2 Å². The first-order valence-electron chi connectivity index (χ1n) is 9.29. The Bertz CT molecular complexity index is 1060. The van der Waals surface area contributed by atoms with E-state index in [1.807, 2.05) is 30.3 Å². The van der Waals surface area contributed by atoms with Gasteiger partial charge in [0.05, 0.1) is 6.10 Å². The second kappa shape index (κ2) is 8.17. The number of halogens is 1. The molecule has 2 aromatic carbocycles. The fourth-order valence-electron chi connectivity index (χ4n) is 3.47. The molecule has 6 heteroatoms. The van der Waals surface area contributed by atoms with Crippen molar-refractivity contribution in [2.45, 2.75) is 25.5 Å². The smallest absolute Gasteiger partial charge is 0.349 e. The van der Waals surface area contributed by atoms with Gasteiger partial charge in [-0.1, -0.05) is 48.0 Å².